The molecule has 0 radical (unpaired) electrons. The standard InChI is InChI=1S/C25H38N6O11/c1-10(32)18(27)23(39)30-19(11(2)33)24(40)29-16(9-17(26)36)21(37)28-15(8-13-4-6-14(35)7-5-13)22(38)31-20(12(3)34)25(41)42/h4-7,10-12,15-16,18-20,32-35H,8-9,27H2,1-3H3,(H2,26,36)(H,28,37)(H,29,40)(H,30,39)(H,31,38)(H,41,42)/t10-,11-,12-,15+,16+,18+,19+,20+/m0/s1. The van der Waals surface area contributed by atoms with Crippen LogP contribution in [0, 0.1) is 0 Å². The molecule has 234 valence electrons. The van der Waals surface area contributed by atoms with E-state index in [1.54, 1.807) is 0 Å². The van der Waals surface area contributed by atoms with E-state index in [2.05, 4.69) is 21.3 Å². The van der Waals surface area contributed by atoms with Crippen LogP contribution in [0.1, 0.15) is 32.8 Å². The van der Waals surface area contributed by atoms with Crippen molar-refractivity contribution < 1.29 is 54.3 Å². The molecule has 0 unspecified atom stereocenters. The highest BCUT2D eigenvalue weighted by Gasteiger charge is 2.35. The third kappa shape index (κ3) is 11.3. The van der Waals surface area contributed by atoms with Gasteiger partial charge in [0, 0.05) is 6.42 Å². The maximum absolute atomic E-state index is 13.2. The summed E-state index contributed by atoms with van der Waals surface area (Å²) in [5, 5.41) is 56.9. The van der Waals surface area contributed by atoms with E-state index in [0.717, 1.165) is 13.8 Å². The molecule has 0 spiro atoms. The number of carboxylic acid groups (broad SMARTS) is 1. The van der Waals surface area contributed by atoms with Crippen LogP contribution in [0.5, 0.6) is 5.75 Å². The molecule has 5 amide bonds. The molecule has 0 aliphatic heterocycles. The van der Waals surface area contributed by atoms with Gasteiger partial charge >= 0.3 is 5.97 Å². The second-order valence-electron chi connectivity index (χ2n) is 9.72. The predicted octanol–water partition coefficient (Wildman–Crippen LogP) is -4.70. The zero-order valence-electron chi connectivity index (χ0n) is 23.2. The molecule has 8 atom stereocenters. The maximum Gasteiger partial charge on any atom is 0.328 e. The van der Waals surface area contributed by atoms with E-state index in [1.807, 2.05) is 0 Å². The van der Waals surface area contributed by atoms with E-state index < -0.39 is 90.4 Å². The van der Waals surface area contributed by atoms with Crippen LogP contribution in [0.15, 0.2) is 24.3 Å². The third-order valence-corrected chi connectivity index (χ3v) is 5.98. The minimum Gasteiger partial charge on any atom is -0.508 e. The summed E-state index contributed by atoms with van der Waals surface area (Å²) in [6.45, 7) is 3.48. The molecular formula is C25H38N6O11. The zero-order chi connectivity index (χ0) is 32.3. The molecule has 1 aromatic rings. The molecule has 1 rings (SSSR count). The lowest BCUT2D eigenvalue weighted by molar-refractivity contribution is -0.145. The number of nitrogens with one attached hydrogen (secondary N) is 4. The fourth-order valence-corrected chi connectivity index (χ4v) is 3.54. The number of rotatable bonds is 16. The Morgan fingerprint density at radius 1 is 0.714 bits per heavy atom. The Morgan fingerprint density at radius 3 is 1.64 bits per heavy atom. The number of carbonyl (C=O) groups is 6. The SMILES string of the molecule is C[C@H](O)[C@@H](N)C(=O)N[C@@H](C(=O)N[C@H](CC(N)=O)C(=O)N[C@H](Cc1ccc(O)cc1)C(=O)N[C@@H](C(=O)O)[C@H](C)O)[C@H](C)O. The number of aliphatic carboxylic acids is 1. The van der Waals surface area contributed by atoms with Gasteiger partial charge in [-0.25, -0.2) is 4.79 Å². The number of phenolic OH excluding ortho intramolecular Hbond substituents is 1. The first-order valence-corrected chi connectivity index (χ1v) is 12.7. The first-order chi connectivity index (χ1) is 19.4. The number of aliphatic hydroxyl groups is 3. The Bertz CT molecular complexity index is 1130. The van der Waals surface area contributed by atoms with Crippen LogP contribution in [0.25, 0.3) is 0 Å². The van der Waals surface area contributed by atoms with E-state index in [0.29, 0.717) is 5.56 Å². The Kier molecular flexibility index (Phi) is 13.8. The van der Waals surface area contributed by atoms with Gasteiger partial charge in [0.25, 0.3) is 0 Å². The van der Waals surface area contributed by atoms with Gasteiger partial charge in [-0.15, -0.1) is 0 Å². The average molecular weight is 599 g/mol. The lowest BCUT2D eigenvalue weighted by Gasteiger charge is -2.27. The predicted molar refractivity (Wildman–Crippen MR) is 144 cm³/mol. The number of primary amides is 1. The lowest BCUT2D eigenvalue weighted by atomic mass is 10.0. The summed E-state index contributed by atoms with van der Waals surface area (Å²) in [6, 6.07) is -2.72. The second kappa shape index (κ2) is 16.2. The maximum atomic E-state index is 13.2. The van der Waals surface area contributed by atoms with Gasteiger partial charge in [0.15, 0.2) is 6.04 Å². The molecule has 0 aliphatic carbocycles. The molecule has 0 fully saturated rings. The van der Waals surface area contributed by atoms with Crippen LogP contribution in [0.4, 0.5) is 0 Å². The van der Waals surface area contributed by atoms with Crippen LogP contribution in [-0.4, -0.2) is 110 Å². The van der Waals surface area contributed by atoms with E-state index in [4.69, 9.17) is 11.5 Å². The fraction of sp³-hybridized carbons (Fsp3) is 0.520. The molecule has 1 aromatic carbocycles. The van der Waals surface area contributed by atoms with Gasteiger partial charge in [0.1, 0.15) is 29.9 Å². The summed E-state index contributed by atoms with van der Waals surface area (Å²) in [6.07, 6.45) is -5.40. The number of phenols is 1. The van der Waals surface area contributed by atoms with Crippen molar-refractivity contribution in [2.75, 3.05) is 0 Å². The van der Waals surface area contributed by atoms with Crippen molar-refractivity contribution in [1.82, 2.24) is 21.3 Å². The highest BCUT2D eigenvalue weighted by atomic mass is 16.4. The molecule has 17 nitrogen and oxygen atoms in total. The molecular weight excluding hydrogens is 560 g/mol. The molecule has 13 N–H and O–H groups in total. The van der Waals surface area contributed by atoms with E-state index in [1.165, 1.54) is 31.2 Å². The molecule has 0 aliphatic rings. The van der Waals surface area contributed by atoms with E-state index in [9.17, 15) is 54.3 Å². The summed E-state index contributed by atoms with van der Waals surface area (Å²) in [7, 11) is 0. The smallest absolute Gasteiger partial charge is 0.328 e. The number of hydrogen-bond donors (Lipinski definition) is 11. The van der Waals surface area contributed by atoms with Gasteiger partial charge in [-0.2, -0.15) is 0 Å². The molecule has 42 heavy (non-hydrogen) atoms. The molecule has 17 heteroatoms. The summed E-state index contributed by atoms with van der Waals surface area (Å²) >= 11 is 0. The Morgan fingerprint density at radius 2 is 1.19 bits per heavy atom. The van der Waals surface area contributed by atoms with E-state index >= 15 is 0 Å². The van der Waals surface area contributed by atoms with Crippen molar-refractivity contribution in [2.45, 2.75) is 82.1 Å². The van der Waals surface area contributed by atoms with Crippen LogP contribution in [-0.2, 0) is 35.2 Å². The summed E-state index contributed by atoms with van der Waals surface area (Å²) in [5.74, 6) is -7.02. The Labute approximate surface area is 240 Å². The molecule has 0 saturated carbocycles. The van der Waals surface area contributed by atoms with Gasteiger partial charge in [-0.1, -0.05) is 12.1 Å². The first-order valence-electron chi connectivity index (χ1n) is 12.7. The third-order valence-electron chi connectivity index (χ3n) is 5.98. The first kappa shape index (κ1) is 35.7. The van der Waals surface area contributed by atoms with Crippen molar-refractivity contribution in [3.8, 4) is 5.75 Å². The molecule has 0 aromatic heterocycles. The fourth-order valence-electron chi connectivity index (χ4n) is 3.54. The quantitative estimate of drug-likeness (QED) is 0.0855. The zero-order valence-corrected chi connectivity index (χ0v) is 23.2. The molecule has 0 heterocycles. The van der Waals surface area contributed by atoms with Crippen molar-refractivity contribution >= 4 is 35.5 Å². The Balaban J connectivity index is 3.26. The topological polar surface area (TPSA) is 304 Å². The highest BCUT2D eigenvalue weighted by Crippen LogP contribution is 2.12. The number of aromatic hydroxyl groups is 1. The highest BCUT2D eigenvalue weighted by molar-refractivity contribution is 5.97. The van der Waals surface area contributed by atoms with Crippen molar-refractivity contribution in [3.05, 3.63) is 29.8 Å². The number of aliphatic hydroxyl groups excluding tert-OH is 3. The summed E-state index contributed by atoms with van der Waals surface area (Å²) in [5.41, 5.74) is 11.2. The van der Waals surface area contributed by atoms with Crippen molar-refractivity contribution in [2.24, 2.45) is 11.5 Å². The number of carbonyl (C=O) groups excluding carboxylic acids is 5. The number of carboxylic acids is 1. The van der Waals surface area contributed by atoms with Gasteiger partial charge in [-0.3, -0.25) is 24.0 Å². The van der Waals surface area contributed by atoms with Crippen LogP contribution in [0.3, 0.4) is 0 Å². The van der Waals surface area contributed by atoms with Gasteiger partial charge < -0.3 is 58.3 Å². The Hall–Kier alpha value is -4.32. The number of amides is 5. The number of hydrogen-bond acceptors (Lipinski definition) is 11. The molecule has 0 bridgehead atoms. The lowest BCUT2D eigenvalue weighted by Crippen LogP contribution is -2.62. The largest absolute Gasteiger partial charge is 0.508 e. The number of benzene rings is 1. The van der Waals surface area contributed by atoms with Crippen LogP contribution >= 0.6 is 0 Å². The minimum atomic E-state index is -1.75. The van der Waals surface area contributed by atoms with Gasteiger partial charge in [0.2, 0.25) is 29.5 Å². The normalized spacial score (nSPS) is 16.7. The number of nitrogens with two attached hydrogens (primary N) is 2. The van der Waals surface area contributed by atoms with Crippen LogP contribution < -0.4 is 32.7 Å². The van der Waals surface area contributed by atoms with E-state index in [-0.39, 0.29) is 12.2 Å². The van der Waals surface area contributed by atoms with Crippen LogP contribution in [0.2, 0.25) is 0 Å². The summed E-state index contributed by atoms with van der Waals surface area (Å²) < 4.78 is 0. The minimum absolute atomic E-state index is 0.0952. The van der Waals surface area contributed by atoms with Gasteiger partial charge in [-0.05, 0) is 38.5 Å². The second-order valence-corrected chi connectivity index (χ2v) is 9.72. The van der Waals surface area contributed by atoms with Crippen molar-refractivity contribution in [3.63, 3.8) is 0 Å². The average Bonchev–Trinajstić information content (AvgIpc) is 2.88. The summed E-state index contributed by atoms with van der Waals surface area (Å²) in [4.78, 5) is 74.6. The van der Waals surface area contributed by atoms with Gasteiger partial charge in [0.05, 0.1) is 24.7 Å². The van der Waals surface area contributed by atoms with Crippen molar-refractivity contribution in [1.29, 1.82) is 0 Å². The monoisotopic (exact) mass is 598 g/mol. The molecule has 0 saturated heterocycles.